The number of aromatic nitrogens is 1. The molecule has 18 heavy (non-hydrogen) atoms. The van der Waals surface area contributed by atoms with E-state index in [0.29, 0.717) is 17.1 Å². The Bertz CT molecular complexity index is 560. The first-order valence-electron chi connectivity index (χ1n) is 5.49. The fourth-order valence-corrected chi connectivity index (χ4v) is 2.78. The van der Waals surface area contributed by atoms with Crippen LogP contribution in [0.3, 0.4) is 0 Å². The molecule has 0 aliphatic carbocycles. The van der Waals surface area contributed by atoms with Crippen molar-refractivity contribution in [1.29, 1.82) is 0 Å². The van der Waals surface area contributed by atoms with Crippen molar-refractivity contribution in [2.24, 2.45) is 0 Å². The van der Waals surface area contributed by atoms with Gasteiger partial charge in [-0.1, -0.05) is 0 Å². The summed E-state index contributed by atoms with van der Waals surface area (Å²) >= 11 is 0. The Hall–Kier alpha value is -1.75. The maximum Gasteiger partial charge on any atom is 0.125 e. The third kappa shape index (κ3) is 3.13. The van der Waals surface area contributed by atoms with Crippen LogP contribution in [0.2, 0.25) is 0 Å². The molecule has 2 aromatic rings. The summed E-state index contributed by atoms with van der Waals surface area (Å²) in [6.45, 7) is 0. The molecule has 0 amide bonds. The Morgan fingerprint density at radius 2 is 1.94 bits per heavy atom. The average Bonchev–Trinajstić information content (AvgIpc) is 2.37. The summed E-state index contributed by atoms with van der Waals surface area (Å²) < 4.78 is 24.9. The molecule has 2 rings (SSSR count). The van der Waals surface area contributed by atoms with Gasteiger partial charge in [0.25, 0.3) is 0 Å². The molecule has 0 saturated carbocycles. The number of hydrogen-bond donors (Lipinski definition) is 1. The summed E-state index contributed by atoms with van der Waals surface area (Å²) in [6.07, 6.45) is 4.07. The standard InChI is InChI=1S/C13H13FN2OS/c14-11-1-2-13(12(15)9-11)18(17)8-5-10-3-6-16-7-4-10/h1-4,6-7,9H,5,8,15H2. The number of rotatable bonds is 4. The van der Waals surface area contributed by atoms with Gasteiger partial charge < -0.3 is 5.73 Å². The minimum Gasteiger partial charge on any atom is -0.398 e. The van der Waals surface area contributed by atoms with Gasteiger partial charge in [0.1, 0.15) is 5.82 Å². The first-order valence-corrected chi connectivity index (χ1v) is 6.81. The Morgan fingerprint density at radius 3 is 2.61 bits per heavy atom. The van der Waals surface area contributed by atoms with Gasteiger partial charge in [0.05, 0.1) is 21.4 Å². The molecule has 1 aromatic carbocycles. The lowest BCUT2D eigenvalue weighted by molar-refractivity contribution is 0.627. The Kier molecular flexibility index (Phi) is 4.04. The number of nitrogens with zero attached hydrogens (tertiary/aromatic N) is 1. The zero-order chi connectivity index (χ0) is 13.0. The van der Waals surface area contributed by atoms with E-state index in [1.807, 2.05) is 12.1 Å². The van der Waals surface area contributed by atoms with Crippen molar-refractivity contribution in [3.8, 4) is 0 Å². The van der Waals surface area contributed by atoms with Gasteiger partial charge in [0.15, 0.2) is 0 Å². The summed E-state index contributed by atoms with van der Waals surface area (Å²) in [6, 6.07) is 7.71. The summed E-state index contributed by atoms with van der Waals surface area (Å²) in [5.41, 5.74) is 6.96. The second kappa shape index (κ2) is 5.73. The molecule has 94 valence electrons. The molecule has 2 N–H and O–H groups in total. The van der Waals surface area contributed by atoms with Crippen LogP contribution in [-0.4, -0.2) is 14.9 Å². The van der Waals surface area contributed by atoms with E-state index in [1.165, 1.54) is 18.2 Å². The molecule has 0 saturated heterocycles. The maximum absolute atomic E-state index is 12.9. The molecule has 0 fully saturated rings. The summed E-state index contributed by atoms with van der Waals surface area (Å²) in [5.74, 6) is 0.0437. The van der Waals surface area contributed by atoms with Crippen LogP contribution >= 0.6 is 0 Å². The molecule has 5 heteroatoms. The van der Waals surface area contributed by atoms with Gasteiger partial charge in [-0.25, -0.2) is 4.39 Å². The zero-order valence-corrected chi connectivity index (χ0v) is 10.5. The van der Waals surface area contributed by atoms with Crippen LogP contribution < -0.4 is 5.73 Å². The highest BCUT2D eigenvalue weighted by atomic mass is 32.2. The third-order valence-electron chi connectivity index (χ3n) is 2.54. The summed E-state index contributed by atoms with van der Waals surface area (Å²) in [7, 11) is -1.22. The van der Waals surface area contributed by atoms with E-state index in [9.17, 15) is 8.60 Å². The van der Waals surface area contributed by atoms with Crippen molar-refractivity contribution >= 4 is 16.5 Å². The minimum absolute atomic E-state index is 0.239. The smallest absolute Gasteiger partial charge is 0.125 e. The number of anilines is 1. The van der Waals surface area contributed by atoms with E-state index in [1.54, 1.807) is 12.4 Å². The second-order valence-corrected chi connectivity index (χ2v) is 5.38. The number of aryl methyl sites for hydroxylation is 1. The Balaban J connectivity index is 2.04. The second-order valence-electron chi connectivity index (χ2n) is 3.84. The predicted molar refractivity (Wildman–Crippen MR) is 70.0 cm³/mol. The maximum atomic E-state index is 12.9. The van der Waals surface area contributed by atoms with E-state index >= 15 is 0 Å². The van der Waals surface area contributed by atoms with Crippen LogP contribution in [0.4, 0.5) is 10.1 Å². The number of hydrogen-bond acceptors (Lipinski definition) is 3. The van der Waals surface area contributed by atoms with Crippen molar-refractivity contribution < 1.29 is 8.60 Å². The monoisotopic (exact) mass is 264 g/mol. The number of halogens is 1. The predicted octanol–water partition coefficient (Wildman–Crippen LogP) is 2.15. The fraction of sp³-hybridized carbons (Fsp3) is 0.154. The molecular weight excluding hydrogens is 251 g/mol. The van der Waals surface area contributed by atoms with Crippen molar-refractivity contribution in [2.75, 3.05) is 11.5 Å². The van der Waals surface area contributed by atoms with E-state index in [-0.39, 0.29) is 5.69 Å². The number of nitrogens with two attached hydrogens (primary N) is 1. The molecule has 1 unspecified atom stereocenters. The highest BCUT2D eigenvalue weighted by Crippen LogP contribution is 2.18. The highest BCUT2D eigenvalue weighted by Gasteiger charge is 2.09. The zero-order valence-electron chi connectivity index (χ0n) is 9.67. The van der Waals surface area contributed by atoms with Gasteiger partial charge in [0, 0.05) is 18.1 Å². The summed E-state index contributed by atoms with van der Waals surface area (Å²) in [5, 5.41) is 0. The van der Waals surface area contributed by atoms with Crippen LogP contribution in [0.15, 0.2) is 47.6 Å². The quantitative estimate of drug-likeness (QED) is 0.861. The van der Waals surface area contributed by atoms with E-state index in [0.717, 1.165) is 5.56 Å². The Morgan fingerprint density at radius 1 is 1.22 bits per heavy atom. The molecule has 1 atom stereocenters. The van der Waals surface area contributed by atoms with Crippen LogP contribution in [0.5, 0.6) is 0 Å². The van der Waals surface area contributed by atoms with Crippen LogP contribution in [-0.2, 0) is 17.2 Å². The normalized spacial score (nSPS) is 12.3. The first-order chi connectivity index (χ1) is 8.66. The van der Waals surface area contributed by atoms with Gasteiger partial charge in [-0.3, -0.25) is 9.19 Å². The van der Waals surface area contributed by atoms with Crippen molar-refractivity contribution in [3.05, 3.63) is 54.1 Å². The van der Waals surface area contributed by atoms with Crippen molar-refractivity contribution in [1.82, 2.24) is 4.98 Å². The number of nitrogen functional groups attached to an aromatic ring is 1. The van der Waals surface area contributed by atoms with Gasteiger partial charge in [-0.2, -0.15) is 0 Å². The minimum atomic E-state index is -1.22. The fourth-order valence-electron chi connectivity index (χ4n) is 1.60. The molecule has 1 heterocycles. The van der Waals surface area contributed by atoms with Gasteiger partial charge in [0.2, 0.25) is 0 Å². The lowest BCUT2D eigenvalue weighted by Gasteiger charge is -2.06. The van der Waals surface area contributed by atoms with E-state index in [4.69, 9.17) is 5.73 Å². The van der Waals surface area contributed by atoms with Crippen molar-refractivity contribution in [2.45, 2.75) is 11.3 Å². The molecular formula is C13H13FN2OS. The van der Waals surface area contributed by atoms with Crippen LogP contribution in [0.25, 0.3) is 0 Å². The highest BCUT2D eigenvalue weighted by molar-refractivity contribution is 7.85. The van der Waals surface area contributed by atoms with Crippen LogP contribution in [0.1, 0.15) is 5.56 Å². The lowest BCUT2D eigenvalue weighted by Crippen LogP contribution is -2.05. The molecule has 0 radical (unpaired) electrons. The average molecular weight is 264 g/mol. The molecule has 0 bridgehead atoms. The third-order valence-corrected chi connectivity index (χ3v) is 3.98. The van der Waals surface area contributed by atoms with E-state index < -0.39 is 16.6 Å². The first kappa shape index (κ1) is 12.7. The molecule has 0 spiro atoms. The molecule has 1 aromatic heterocycles. The molecule has 0 aliphatic heterocycles. The largest absolute Gasteiger partial charge is 0.398 e. The molecule has 3 nitrogen and oxygen atoms in total. The lowest BCUT2D eigenvalue weighted by atomic mass is 10.2. The van der Waals surface area contributed by atoms with Crippen LogP contribution in [0, 0.1) is 5.82 Å². The van der Waals surface area contributed by atoms with Gasteiger partial charge >= 0.3 is 0 Å². The van der Waals surface area contributed by atoms with Crippen molar-refractivity contribution in [3.63, 3.8) is 0 Å². The SMILES string of the molecule is Nc1cc(F)ccc1S(=O)CCc1ccncc1. The number of pyridine rings is 1. The topological polar surface area (TPSA) is 56.0 Å². The summed E-state index contributed by atoms with van der Waals surface area (Å²) in [4.78, 5) is 4.41. The van der Waals surface area contributed by atoms with Gasteiger partial charge in [-0.15, -0.1) is 0 Å². The Labute approximate surface area is 107 Å². The van der Waals surface area contributed by atoms with Gasteiger partial charge in [-0.05, 0) is 42.3 Å². The molecule has 0 aliphatic rings. The van der Waals surface area contributed by atoms with E-state index in [2.05, 4.69) is 4.98 Å². The number of benzene rings is 1.